The Morgan fingerprint density at radius 2 is 1.90 bits per heavy atom. The second-order valence-corrected chi connectivity index (χ2v) is 7.55. The van der Waals surface area contributed by atoms with Crippen LogP contribution >= 0.6 is 0 Å². The number of carbonyl (C=O) groups is 1. The predicted molar refractivity (Wildman–Crippen MR) is 110 cm³/mol. The first-order valence-electron chi connectivity index (χ1n) is 10.0. The van der Waals surface area contributed by atoms with E-state index in [1.165, 1.54) is 6.07 Å². The van der Waals surface area contributed by atoms with Gasteiger partial charge in [0.1, 0.15) is 5.82 Å². The Morgan fingerprint density at radius 1 is 1.10 bits per heavy atom. The van der Waals surface area contributed by atoms with Crippen molar-refractivity contribution in [2.75, 3.05) is 13.1 Å². The molecule has 1 amide bonds. The lowest BCUT2D eigenvalue weighted by molar-refractivity contribution is 0.0900. The molecule has 1 fully saturated rings. The smallest absolute Gasteiger partial charge is 0.254 e. The van der Waals surface area contributed by atoms with Crippen molar-refractivity contribution in [3.63, 3.8) is 0 Å². The summed E-state index contributed by atoms with van der Waals surface area (Å²) in [6.07, 6.45) is 5.30. The van der Waals surface area contributed by atoms with Crippen LogP contribution in [0, 0.1) is 5.82 Å². The number of aromatic nitrogens is 2. The van der Waals surface area contributed by atoms with Crippen LogP contribution in [0.2, 0.25) is 0 Å². The minimum absolute atomic E-state index is 0.0560. The van der Waals surface area contributed by atoms with Gasteiger partial charge in [-0.1, -0.05) is 48.5 Å². The van der Waals surface area contributed by atoms with Gasteiger partial charge in [0.25, 0.3) is 5.91 Å². The minimum atomic E-state index is -0.176. The van der Waals surface area contributed by atoms with Gasteiger partial charge in [0.2, 0.25) is 0 Å². The Kier molecular flexibility index (Phi) is 6.00. The van der Waals surface area contributed by atoms with Crippen LogP contribution in [-0.4, -0.2) is 39.7 Å². The second kappa shape index (κ2) is 9.01. The van der Waals surface area contributed by atoms with Gasteiger partial charge in [-0.05, 0) is 31.0 Å². The molecule has 150 valence electrons. The standard InChI is InChI=1S/C23H25FN4O/c24-22-11-5-4-9-19(22)15-27-12-6-10-21(17-27)26-23(29)20-13-25-28(16-20)14-18-7-2-1-3-8-18/h1-5,7-9,11,13,16,21H,6,10,12,14-15,17H2,(H,26,29)/t21-/m1/s1. The van der Waals surface area contributed by atoms with E-state index in [2.05, 4.69) is 15.3 Å². The van der Waals surface area contributed by atoms with Gasteiger partial charge >= 0.3 is 0 Å². The predicted octanol–water partition coefficient (Wildman–Crippen LogP) is 3.46. The highest BCUT2D eigenvalue weighted by atomic mass is 19.1. The molecule has 1 aliphatic heterocycles. The Bertz CT molecular complexity index is 956. The molecule has 5 nitrogen and oxygen atoms in total. The molecule has 0 bridgehead atoms. The van der Waals surface area contributed by atoms with Crippen LogP contribution < -0.4 is 5.32 Å². The zero-order valence-electron chi connectivity index (χ0n) is 16.3. The number of nitrogens with zero attached hydrogens (tertiary/aromatic N) is 3. The molecule has 0 unspecified atom stereocenters. The van der Waals surface area contributed by atoms with Gasteiger partial charge in [-0.25, -0.2) is 4.39 Å². The van der Waals surface area contributed by atoms with Gasteiger partial charge in [0, 0.05) is 30.9 Å². The maximum Gasteiger partial charge on any atom is 0.254 e. The summed E-state index contributed by atoms with van der Waals surface area (Å²) >= 11 is 0. The van der Waals surface area contributed by atoms with Crippen LogP contribution in [0.3, 0.4) is 0 Å². The summed E-state index contributed by atoms with van der Waals surface area (Å²) in [5, 5.41) is 7.42. The van der Waals surface area contributed by atoms with Gasteiger partial charge in [0.15, 0.2) is 0 Å². The number of halogens is 1. The number of nitrogens with one attached hydrogen (secondary N) is 1. The summed E-state index contributed by atoms with van der Waals surface area (Å²) in [6, 6.07) is 17.0. The van der Waals surface area contributed by atoms with E-state index < -0.39 is 0 Å². The van der Waals surface area contributed by atoms with E-state index in [0.29, 0.717) is 24.2 Å². The minimum Gasteiger partial charge on any atom is -0.348 e. The van der Waals surface area contributed by atoms with Crippen molar-refractivity contribution >= 4 is 5.91 Å². The molecule has 0 spiro atoms. The van der Waals surface area contributed by atoms with Crippen LogP contribution in [0.1, 0.15) is 34.3 Å². The van der Waals surface area contributed by atoms with E-state index >= 15 is 0 Å². The van der Waals surface area contributed by atoms with E-state index in [1.807, 2.05) is 42.5 Å². The Morgan fingerprint density at radius 3 is 2.72 bits per heavy atom. The van der Waals surface area contributed by atoms with Gasteiger partial charge in [-0.3, -0.25) is 14.4 Å². The Hall–Kier alpha value is -2.99. The molecule has 2 aromatic carbocycles. The fraction of sp³-hybridized carbons (Fsp3) is 0.304. The van der Waals surface area contributed by atoms with Crippen molar-refractivity contribution in [1.29, 1.82) is 0 Å². The lowest BCUT2D eigenvalue weighted by Crippen LogP contribution is -2.47. The number of amides is 1. The molecule has 0 saturated carbocycles. The summed E-state index contributed by atoms with van der Waals surface area (Å²) in [5.41, 5.74) is 2.40. The lowest BCUT2D eigenvalue weighted by Gasteiger charge is -2.33. The second-order valence-electron chi connectivity index (χ2n) is 7.55. The average molecular weight is 392 g/mol. The van der Waals surface area contributed by atoms with E-state index in [1.54, 1.807) is 23.1 Å². The monoisotopic (exact) mass is 392 g/mol. The maximum absolute atomic E-state index is 13.9. The van der Waals surface area contributed by atoms with Crippen molar-refractivity contribution in [2.24, 2.45) is 0 Å². The number of carbonyl (C=O) groups excluding carboxylic acids is 1. The van der Waals surface area contributed by atoms with Crippen molar-refractivity contribution in [2.45, 2.75) is 32.0 Å². The molecule has 6 heteroatoms. The Labute approximate surface area is 170 Å². The third kappa shape index (κ3) is 5.09. The first kappa shape index (κ1) is 19.3. The van der Waals surface area contributed by atoms with Crippen LogP contribution in [0.5, 0.6) is 0 Å². The third-order valence-electron chi connectivity index (χ3n) is 5.28. The summed E-state index contributed by atoms with van der Waals surface area (Å²) in [5.74, 6) is -0.286. The number of likely N-dealkylation sites (tertiary alicyclic amines) is 1. The molecule has 3 aromatic rings. The number of hydrogen-bond acceptors (Lipinski definition) is 3. The average Bonchev–Trinajstić information content (AvgIpc) is 3.19. The van der Waals surface area contributed by atoms with Crippen LogP contribution in [0.4, 0.5) is 4.39 Å². The lowest BCUT2D eigenvalue weighted by atomic mass is 10.0. The molecule has 1 atom stereocenters. The largest absolute Gasteiger partial charge is 0.348 e. The van der Waals surface area contributed by atoms with Crippen molar-refractivity contribution in [1.82, 2.24) is 20.0 Å². The van der Waals surface area contributed by atoms with Gasteiger partial charge in [-0.2, -0.15) is 5.10 Å². The molecular formula is C23H25FN4O. The topological polar surface area (TPSA) is 50.2 Å². The number of benzene rings is 2. The molecule has 0 aliphatic carbocycles. The van der Waals surface area contributed by atoms with Crippen LogP contribution in [0.25, 0.3) is 0 Å². The SMILES string of the molecule is O=C(N[C@@H]1CCCN(Cc2ccccc2F)C1)c1cnn(Cc2ccccc2)c1. The zero-order valence-corrected chi connectivity index (χ0v) is 16.3. The fourth-order valence-electron chi connectivity index (χ4n) is 3.79. The molecule has 1 saturated heterocycles. The Balaban J connectivity index is 1.33. The van der Waals surface area contributed by atoms with Crippen molar-refractivity contribution in [3.8, 4) is 0 Å². The molecule has 29 heavy (non-hydrogen) atoms. The third-order valence-corrected chi connectivity index (χ3v) is 5.28. The number of piperidine rings is 1. The van der Waals surface area contributed by atoms with Crippen LogP contribution in [-0.2, 0) is 13.1 Å². The van der Waals surface area contributed by atoms with Gasteiger partial charge in [-0.15, -0.1) is 0 Å². The highest BCUT2D eigenvalue weighted by Crippen LogP contribution is 2.16. The maximum atomic E-state index is 13.9. The molecule has 4 rings (SSSR count). The van der Waals surface area contributed by atoms with Crippen LogP contribution in [0.15, 0.2) is 67.0 Å². The first-order chi connectivity index (χ1) is 14.2. The highest BCUT2D eigenvalue weighted by molar-refractivity contribution is 5.93. The molecular weight excluding hydrogens is 367 g/mol. The normalized spacial score (nSPS) is 17.2. The zero-order chi connectivity index (χ0) is 20.1. The van der Waals surface area contributed by atoms with E-state index in [9.17, 15) is 9.18 Å². The summed E-state index contributed by atoms with van der Waals surface area (Å²) in [7, 11) is 0. The number of hydrogen-bond donors (Lipinski definition) is 1. The van der Waals surface area contributed by atoms with Crippen molar-refractivity contribution in [3.05, 3.63) is 89.5 Å². The van der Waals surface area contributed by atoms with E-state index in [-0.39, 0.29) is 17.8 Å². The summed E-state index contributed by atoms with van der Waals surface area (Å²) in [6.45, 7) is 2.83. The van der Waals surface area contributed by atoms with Crippen molar-refractivity contribution < 1.29 is 9.18 Å². The molecule has 1 N–H and O–H groups in total. The fourth-order valence-corrected chi connectivity index (χ4v) is 3.79. The van der Waals surface area contributed by atoms with E-state index in [4.69, 9.17) is 0 Å². The molecule has 1 aromatic heterocycles. The summed E-state index contributed by atoms with van der Waals surface area (Å²) in [4.78, 5) is 14.9. The molecule has 1 aliphatic rings. The molecule has 2 heterocycles. The van der Waals surface area contributed by atoms with E-state index in [0.717, 1.165) is 31.5 Å². The first-order valence-corrected chi connectivity index (χ1v) is 10.0. The highest BCUT2D eigenvalue weighted by Gasteiger charge is 2.23. The summed E-state index contributed by atoms with van der Waals surface area (Å²) < 4.78 is 15.7. The quantitative estimate of drug-likeness (QED) is 0.699. The van der Waals surface area contributed by atoms with Gasteiger partial charge in [0.05, 0.1) is 18.3 Å². The number of rotatable bonds is 6. The molecule has 0 radical (unpaired) electrons. The van der Waals surface area contributed by atoms with Gasteiger partial charge < -0.3 is 5.32 Å².